The van der Waals surface area contributed by atoms with Crippen molar-refractivity contribution >= 4 is 5.91 Å². The zero-order valence-electron chi connectivity index (χ0n) is 13.3. The van der Waals surface area contributed by atoms with Crippen LogP contribution in [0.3, 0.4) is 0 Å². The van der Waals surface area contributed by atoms with Crippen LogP contribution >= 0.6 is 0 Å². The Morgan fingerprint density at radius 1 is 1.33 bits per heavy atom. The summed E-state index contributed by atoms with van der Waals surface area (Å²) in [5.74, 6) is -0.0427. The molecule has 7 heteroatoms. The Hall–Kier alpha value is -0.730. The van der Waals surface area contributed by atoms with Crippen molar-refractivity contribution in [1.29, 1.82) is 0 Å². The summed E-state index contributed by atoms with van der Waals surface area (Å²) in [6.45, 7) is 5.48. The normalized spacial score (nSPS) is 14.0. The van der Waals surface area contributed by atoms with Crippen molar-refractivity contribution in [3.63, 3.8) is 0 Å². The number of aliphatic hydroxyl groups excluding tert-OH is 2. The molecule has 0 fully saturated rings. The molecule has 7 nitrogen and oxygen atoms in total. The highest BCUT2D eigenvalue weighted by atomic mass is 16.5. The SMILES string of the molecule is CCOCC(CN(CCCOC)C(C)=O)OCC(O)CO. The molecule has 1 amide bonds. The molecule has 0 aromatic heterocycles. The van der Waals surface area contributed by atoms with E-state index in [0.717, 1.165) is 6.42 Å². The minimum absolute atomic E-state index is 0.0120. The summed E-state index contributed by atoms with van der Waals surface area (Å²) in [5.41, 5.74) is 0. The maximum atomic E-state index is 11.6. The van der Waals surface area contributed by atoms with Crippen molar-refractivity contribution in [2.24, 2.45) is 0 Å². The first-order chi connectivity index (χ1) is 10.0. The molecule has 0 heterocycles. The van der Waals surface area contributed by atoms with Crippen LogP contribution in [0.1, 0.15) is 20.3 Å². The van der Waals surface area contributed by atoms with Crippen molar-refractivity contribution in [2.45, 2.75) is 32.5 Å². The summed E-state index contributed by atoms with van der Waals surface area (Å²) in [6.07, 6.45) is -0.512. The third kappa shape index (κ3) is 10.6. The Bertz CT molecular complexity index is 264. The van der Waals surface area contributed by atoms with E-state index in [2.05, 4.69) is 0 Å². The van der Waals surface area contributed by atoms with Gasteiger partial charge in [0.1, 0.15) is 6.10 Å². The van der Waals surface area contributed by atoms with Crippen LogP contribution in [-0.4, -0.2) is 86.5 Å². The van der Waals surface area contributed by atoms with Crippen LogP contribution in [0.5, 0.6) is 0 Å². The highest BCUT2D eigenvalue weighted by Gasteiger charge is 2.18. The lowest BCUT2D eigenvalue weighted by molar-refractivity contribution is -0.133. The monoisotopic (exact) mass is 307 g/mol. The van der Waals surface area contributed by atoms with Crippen LogP contribution in [0.4, 0.5) is 0 Å². The fraction of sp³-hybridized carbons (Fsp3) is 0.929. The second-order valence-electron chi connectivity index (χ2n) is 4.76. The van der Waals surface area contributed by atoms with Crippen LogP contribution in [-0.2, 0) is 19.0 Å². The largest absolute Gasteiger partial charge is 0.394 e. The van der Waals surface area contributed by atoms with Gasteiger partial charge in [0.25, 0.3) is 0 Å². The highest BCUT2D eigenvalue weighted by Crippen LogP contribution is 2.03. The van der Waals surface area contributed by atoms with Gasteiger partial charge < -0.3 is 29.3 Å². The fourth-order valence-corrected chi connectivity index (χ4v) is 1.73. The molecule has 21 heavy (non-hydrogen) atoms. The van der Waals surface area contributed by atoms with Gasteiger partial charge in [0.2, 0.25) is 5.91 Å². The zero-order valence-corrected chi connectivity index (χ0v) is 13.3. The number of amides is 1. The predicted octanol–water partition coefficient (Wildman–Crippen LogP) is -0.354. The first-order valence-corrected chi connectivity index (χ1v) is 7.27. The van der Waals surface area contributed by atoms with Crippen LogP contribution in [0, 0.1) is 0 Å². The van der Waals surface area contributed by atoms with Crippen molar-refractivity contribution in [1.82, 2.24) is 4.90 Å². The standard InChI is InChI=1S/C14H29NO6/c1-4-20-11-14(21-10-13(18)9-16)8-15(12(2)17)6-5-7-19-3/h13-14,16,18H,4-11H2,1-3H3. The van der Waals surface area contributed by atoms with Gasteiger partial charge in [0.05, 0.1) is 25.9 Å². The Kier molecular flexibility index (Phi) is 12.5. The van der Waals surface area contributed by atoms with Crippen LogP contribution in [0.15, 0.2) is 0 Å². The summed E-state index contributed by atoms with van der Waals surface area (Å²) in [6, 6.07) is 0. The summed E-state index contributed by atoms with van der Waals surface area (Å²) >= 11 is 0. The van der Waals surface area contributed by atoms with Gasteiger partial charge >= 0.3 is 0 Å². The minimum atomic E-state index is -0.923. The Morgan fingerprint density at radius 3 is 2.57 bits per heavy atom. The molecule has 2 atom stereocenters. The number of hydrogen-bond donors (Lipinski definition) is 2. The van der Waals surface area contributed by atoms with E-state index in [1.54, 1.807) is 12.0 Å². The summed E-state index contributed by atoms with van der Waals surface area (Å²) in [7, 11) is 1.62. The molecule has 0 aliphatic rings. The lowest BCUT2D eigenvalue weighted by Crippen LogP contribution is -2.41. The molecule has 0 spiro atoms. The number of carbonyl (C=O) groups excluding carboxylic acids is 1. The highest BCUT2D eigenvalue weighted by molar-refractivity contribution is 5.73. The number of hydrogen-bond acceptors (Lipinski definition) is 6. The van der Waals surface area contributed by atoms with E-state index in [1.807, 2.05) is 6.92 Å². The number of ether oxygens (including phenoxy) is 3. The van der Waals surface area contributed by atoms with Gasteiger partial charge in [0, 0.05) is 40.3 Å². The number of aliphatic hydroxyl groups is 2. The van der Waals surface area contributed by atoms with E-state index >= 15 is 0 Å². The third-order valence-electron chi connectivity index (χ3n) is 2.89. The maximum absolute atomic E-state index is 11.6. The van der Waals surface area contributed by atoms with Crippen molar-refractivity contribution in [2.75, 3.05) is 53.2 Å². The van der Waals surface area contributed by atoms with Gasteiger partial charge in [-0.25, -0.2) is 0 Å². The maximum Gasteiger partial charge on any atom is 0.219 e. The molecule has 0 saturated heterocycles. The molecule has 2 N–H and O–H groups in total. The number of nitrogens with zero attached hydrogens (tertiary/aromatic N) is 1. The van der Waals surface area contributed by atoms with Gasteiger partial charge in [-0.05, 0) is 13.3 Å². The van der Waals surface area contributed by atoms with Gasteiger partial charge in [0.15, 0.2) is 0 Å². The number of rotatable bonds is 13. The van der Waals surface area contributed by atoms with Gasteiger partial charge in [-0.1, -0.05) is 0 Å². The topological polar surface area (TPSA) is 88.5 Å². The van der Waals surface area contributed by atoms with E-state index in [9.17, 15) is 9.90 Å². The molecule has 0 aromatic rings. The van der Waals surface area contributed by atoms with E-state index in [0.29, 0.717) is 32.9 Å². The summed E-state index contributed by atoms with van der Waals surface area (Å²) in [4.78, 5) is 13.3. The Labute approximate surface area is 126 Å². The molecule has 0 rings (SSSR count). The molecular formula is C14H29NO6. The van der Waals surface area contributed by atoms with E-state index in [-0.39, 0.29) is 25.2 Å². The molecular weight excluding hydrogens is 278 g/mol. The molecule has 0 bridgehead atoms. The second-order valence-corrected chi connectivity index (χ2v) is 4.76. The fourth-order valence-electron chi connectivity index (χ4n) is 1.73. The average Bonchev–Trinajstić information content (AvgIpc) is 2.47. The molecule has 0 aliphatic carbocycles. The minimum Gasteiger partial charge on any atom is -0.394 e. The van der Waals surface area contributed by atoms with Crippen molar-refractivity contribution < 1.29 is 29.2 Å². The smallest absolute Gasteiger partial charge is 0.219 e. The second kappa shape index (κ2) is 13.0. The predicted molar refractivity (Wildman–Crippen MR) is 78.1 cm³/mol. The molecule has 0 aliphatic heterocycles. The quantitative estimate of drug-likeness (QED) is 0.452. The zero-order chi connectivity index (χ0) is 16.1. The molecule has 0 radical (unpaired) electrons. The van der Waals surface area contributed by atoms with Crippen LogP contribution in [0.2, 0.25) is 0 Å². The van der Waals surface area contributed by atoms with E-state index < -0.39 is 6.10 Å². The lowest BCUT2D eigenvalue weighted by atomic mass is 10.3. The average molecular weight is 307 g/mol. The molecule has 2 unspecified atom stereocenters. The molecule has 0 aromatic carbocycles. The van der Waals surface area contributed by atoms with Crippen molar-refractivity contribution in [3.8, 4) is 0 Å². The Morgan fingerprint density at radius 2 is 2.05 bits per heavy atom. The van der Waals surface area contributed by atoms with Gasteiger partial charge in [-0.3, -0.25) is 4.79 Å². The van der Waals surface area contributed by atoms with Crippen LogP contribution in [0.25, 0.3) is 0 Å². The summed E-state index contributed by atoms with van der Waals surface area (Å²) in [5, 5.41) is 18.1. The number of methoxy groups -OCH3 is 1. The van der Waals surface area contributed by atoms with E-state index in [1.165, 1.54) is 6.92 Å². The molecule has 126 valence electrons. The Balaban J connectivity index is 4.38. The lowest BCUT2D eigenvalue weighted by Gasteiger charge is -2.27. The third-order valence-corrected chi connectivity index (χ3v) is 2.89. The van der Waals surface area contributed by atoms with Crippen molar-refractivity contribution in [3.05, 3.63) is 0 Å². The number of carbonyl (C=O) groups is 1. The van der Waals surface area contributed by atoms with E-state index in [4.69, 9.17) is 19.3 Å². The molecule has 0 saturated carbocycles. The first-order valence-electron chi connectivity index (χ1n) is 7.27. The van der Waals surface area contributed by atoms with Gasteiger partial charge in [-0.15, -0.1) is 0 Å². The van der Waals surface area contributed by atoms with Gasteiger partial charge in [-0.2, -0.15) is 0 Å². The van der Waals surface area contributed by atoms with Crippen LogP contribution < -0.4 is 0 Å². The first kappa shape index (κ1) is 20.3. The summed E-state index contributed by atoms with van der Waals surface area (Å²) < 4.78 is 15.8.